The third kappa shape index (κ3) is 3.66. The van der Waals surface area contributed by atoms with E-state index in [1.54, 1.807) is 0 Å². The van der Waals surface area contributed by atoms with Crippen molar-refractivity contribution in [3.8, 4) is 5.75 Å². The highest BCUT2D eigenvalue weighted by atomic mass is 16.5. The van der Waals surface area contributed by atoms with E-state index in [2.05, 4.69) is 73.0 Å². The molecule has 2 unspecified atom stereocenters. The van der Waals surface area contributed by atoms with Crippen LogP contribution in [0.1, 0.15) is 28.2 Å². The van der Waals surface area contributed by atoms with E-state index in [0.29, 0.717) is 18.6 Å². The first kappa shape index (κ1) is 16.9. The predicted molar refractivity (Wildman–Crippen MR) is 107 cm³/mol. The van der Waals surface area contributed by atoms with Gasteiger partial charge in [0.15, 0.2) is 0 Å². The number of nitrogens with one attached hydrogen (secondary N) is 1. The van der Waals surface area contributed by atoms with Crippen LogP contribution >= 0.6 is 0 Å². The number of fused-ring (bicyclic) bond motifs is 1. The molecule has 26 heavy (non-hydrogen) atoms. The Bertz CT molecular complexity index is 842. The topological polar surface area (TPSA) is 21.3 Å². The summed E-state index contributed by atoms with van der Waals surface area (Å²) in [5.41, 5.74) is 5.53. The molecule has 0 saturated carbocycles. The zero-order valence-corrected chi connectivity index (χ0v) is 15.2. The molecule has 0 saturated heterocycles. The third-order valence-corrected chi connectivity index (χ3v) is 5.38. The standard InChI is InChI=1S/C24H25NO/c1-25-24-16-20-9-5-6-10-22(20)23(24)15-18-11-13-21(14-12-18)26-17-19-7-3-2-4-8-19/h2-14,23-25H,15-17H2,1H3. The minimum atomic E-state index is 0.515. The summed E-state index contributed by atoms with van der Waals surface area (Å²) in [4.78, 5) is 0. The summed E-state index contributed by atoms with van der Waals surface area (Å²) >= 11 is 0. The maximum Gasteiger partial charge on any atom is 0.119 e. The molecule has 2 nitrogen and oxygen atoms in total. The van der Waals surface area contributed by atoms with Gasteiger partial charge in [-0.1, -0.05) is 66.7 Å². The molecule has 0 aliphatic heterocycles. The van der Waals surface area contributed by atoms with Gasteiger partial charge in [-0.15, -0.1) is 0 Å². The van der Waals surface area contributed by atoms with Crippen molar-refractivity contribution in [2.24, 2.45) is 0 Å². The molecule has 0 aromatic heterocycles. The van der Waals surface area contributed by atoms with Gasteiger partial charge in [-0.2, -0.15) is 0 Å². The normalized spacial score (nSPS) is 18.5. The Labute approximate surface area is 155 Å². The quantitative estimate of drug-likeness (QED) is 0.698. The number of hydrogen-bond acceptors (Lipinski definition) is 2. The molecule has 0 fully saturated rings. The molecule has 1 aliphatic carbocycles. The number of likely N-dealkylation sites (N-methyl/N-ethyl adjacent to an activating group) is 1. The van der Waals surface area contributed by atoms with Crippen molar-refractivity contribution < 1.29 is 4.74 Å². The molecule has 3 aromatic rings. The van der Waals surface area contributed by atoms with Crippen LogP contribution in [0.2, 0.25) is 0 Å². The molecule has 3 aromatic carbocycles. The molecule has 4 rings (SSSR count). The first-order valence-electron chi connectivity index (χ1n) is 9.34. The highest BCUT2D eigenvalue weighted by Crippen LogP contribution is 2.35. The van der Waals surface area contributed by atoms with Gasteiger partial charge in [0.2, 0.25) is 0 Å². The highest BCUT2D eigenvalue weighted by Gasteiger charge is 2.30. The van der Waals surface area contributed by atoms with Gasteiger partial charge in [0, 0.05) is 12.0 Å². The van der Waals surface area contributed by atoms with Crippen molar-refractivity contribution in [3.63, 3.8) is 0 Å². The first-order valence-corrected chi connectivity index (χ1v) is 9.34. The smallest absolute Gasteiger partial charge is 0.119 e. The van der Waals surface area contributed by atoms with Crippen LogP contribution in [-0.4, -0.2) is 13.1 Å². The van der Waals surface area contributed by atoms with Crippen molar-refractivity contribution >= 4 is 0 Å². The molecule has 0 bridgehead atoms. The maximum atomic E-state index is 5.90. The van der Waals surface area contributed by atoms with E-state index in [4.69, 9.17) is 4.74 Å². The van der Waals surface area contributed by atoms with Crippen LogP contribution in [0.3, 0.4) is 0 Å². The maximum absolute atomic E-state index is 5.90. The van der Waals surface area contributed by atoms with Gasteiger partial charge in [-0.05, 0) is 54.3 Å². The molecule has 0 radical (unpaired) electrons. The van der Waals surface area contributed by atoms with E-state index >= 15 is 0 Å². The zero-order chi connectivity index (χ0) is 17.8. The molecule has 0 spiro atoms. The van der Waals surface area contributed by atoms with E-state index < -0.39 is 0 Å². The Kier molecular flexibility index (Phi) is 5.03. The van der Waals surface area contributed by atoms with Crippen molar-refractivity contribution in [1.82, 2.24) is 5.32 Å². The van der Waals surface area contributed by atoms with Gasteiger partial charge in [-0.25, -0.2) is 0 Å². The highest BCUT2D eigenvalue weighted by molar-refractivity contribution is 5.39. The Balaban J connectivity index is 1.42. The lowest BCUT2D eigenvalue weighted by Gasteiger charge is -2.20. The van der Waals surface area contributed by atoms with Crippen molar-refractivity contribution in [3.05, 3.63) is 101 Å². The Hall–Kier alpha value is -2.58. The van der Waals surface area contributed by atoms with Gasteiger partial charge in [0.1, 0.15) is 12.4 Å². The Morgan fingerprint density at radius 2 is 1.58 bits per heavy atom. The van der Waals surface area contributed by atoms with E-state index in [9.17, 15) is 0 Å². The fourth-order valence-electron chi connectivity index (χ4n) is 3.95. The Morgan fingerprint density at radius 3 is 2.35 bits per heavy atom. The van der Waals surface area contributed by atoms with E-state index in [0.717, 1.165) is 18.6 Å². The summed E-state index contributed by atoms with van der Waals surface area (Å²) in [6, 6.07) is 28.2. The van der Waals surface area contributed by atoms with Crippen molar-refractivity contribution in [2.45, 2.75) is 31.4 Å². The number of ether oxygens (including phenoxy) is 1. The number of rotatable bonds is 6. The molecule has 1 N–H and O–H groups in total. The second kappa shape index (κ2) is 7.76. The number of hydrogen-bond donors (Lipinski definition) is 1. The van der Waals surface area contributed by atoms with Crippen LogP contribution in [0.15, 0.2) is 78.9 Å². The van der Waals surface area contributed by atoms with Gasteiger partial charge in [0.25, 0.3) is 0 Å². The van der Waals surface area contributed by atoms with Crippen molar-refractivity contribution in [1.29, 1.82) is 0 Å². The van der Waals surface area contributed by atoms with Gasteiger partial charge in [-0.3, -0.25) is 0 Å². The lowest BCUT2D eigenvalue weighted by molar-refractivity contribution is 0.306. The molecule has 0 heterocycles. The predicted octanol–water partition coefficient (Wildman–Crippen LogP) is 4.74. The second-order valence-electron chi connectivity index (χ2n) is 7.03. The molecule has 2 atom stereocenters. The number of benzene rings is 3. The SMILES string of the molecule is CNC1Cc2ccccc2C1Cc1ccc(OCc2ccccc2)cc1. The van der Waals surface area contributed by atoms with Crippen LogP contribution in [0.4, 0.5) is 0 Å². The van der Waals surface area contributed by atoms with Crippen LogP contribution < -0.4 is 10.1 Å². The monoisotopic (exact) mass is 343 g/mol. The van der Waals surface area contributed by atoms with Gasteiger partial charge < -0.3 is 10.1 Å². The average molecular weight is 343 g/mol. The molecule has 2 heteroatoms. The molecule has 1 aliphatic rings. The summed E-state index contributed by atoms with van der Waals surface area (Å²) in [6.07, 6.45) is 2.18. The summed E-state index contributed by atoms with van der Waals surface area (Å²) in [5.74, 6) is 1.46. The summed E-state index contributed by atoms with van der Waals surface area (Å²) in [6.45, 7) is 0.609. The van der Waals surface area contributed by atoms with Gasteiger partial charge in [0.05, 0.1) is 0 Å². The van der Waals surface area contributed by atoms with Gasteiger partial charge >= 0.3 is 0 Å². The minimum Gasteiger partial charge on any atom is -0.489 e. The largest absolute Gasteiger partial charge is 0.489 e. The summed E-state index contributed by atoms with van der Waals surface area (Å²) < 4.78 is 5.90. The second-order valence-corrected chi connectivity index (χ2v) is 7.03. The van der Waals surface area contributed by atoms with Crippen LogP contribution in [0.25, 0.3) is 0 Å². The fourth-order valence-corrected chi connectivity index (χ4v) is 3.95. The third-order valence-electron chi connectivity index (χ3n) is 5.38. The summed E-state index contributed by atoms with van der Waals surface area (Å²) in [5, 5.41) is 3.51. The lowest BCUT2D eigenvalue weighted by Crippen LogP contribution is -2.30. The summed E-state index contributed by atoms with van der Waals surface area (Å²) in [7, 11) is 2.07. The lowest BCUT2D eigenvalue weighted by atomic mass is 9.91. The van der Waals surface area contributed by atoms with Crippen LogP contribution in [-0.2, 0) is 19.4 Å². The van der Waals surface area contributed by atoms with E-state index in [1.807, 2.05) is 18.2 Å². The molecular weight excluding hydrogens is 318 g/mol. The zero-order valence-electron chi connectivity index (χ0n) is 15.2. The minimum absolute atomic E-state index is 0.515. The van der Waals surface area contributed by atoms with E-state index in [-0.39, 0.29) is 0 Å². The molecule has 132 valence electrons. The fraction of sp³-hybridized carbons (Fsp3) is 0.250. The molecule has 0 amide bonds. The van der Waals surface area contributed by atoms with Crippen molar-refractivity contribution in [2.75, 3.05) is 7.05 Å². The molecular formula is C24H25NO. The van der Waals surface area contributed by atoms with E-state index in [1.165, 1.54) is 22.3 Å². The Morgan fingerprint density at radius 1 is 0.846 bits per heavy atom. The first-order chi connectivity index (χ1) is 12.8. The average Bonchev–Trinajstić information content (AvgIpc) is 3.06. The van der Waals surface area contributed by atoms with Crippen LogP contribution in [0.5, 0.6) is 5.75 Å². The van der Waals surface area contributed by atoms with Crippen LogP contribution in [0, 0.1) is 0 Å².